The summed E-state index contributed by atoms with van der Waals surface area (Å²) in [5, 5.41) is 3.42. The number of carbonyl (C=O) groups excluding carboxylic acids is 2. The molecular formula is C21H29N3O2S. The zero-order valence-electron chi connectivity index (χ0n) is 16.8. The molecule has 0 aliphatic rings. The lowest BCUT2D eigenvalue weighted by atomic mass is 9.94. The molecule has 0 saturated carbocycles. The van der Waals surface area contributed by atoms with Crippen LogP contribution in [0.15, 0.2) is 30.3 Å². The molecule has 5 nitrogen and oxygen atoms in total. The van der Waals surface area contributed by atoms with Crippen LogP contribution in [0, 0.1) is 19.8 Å². The van der Waals surface area contributed by atoms with Crippen molar-refractivity contribution in [2.24, 2.45) is 5.92 Å². The minimum atomic E-state index is -0.234. The summed E-state index contributed by atoms with van der Waals surface area (Å²) >= 11 is 1.45. The maximum Gasteiger partial charge on any atom is 0.245 e. The number of amides is 2. The van der Waals surface area contributed by atoms with Crippen molar-refractivity contribution in [3.63, 3.8) is 0 Å². The highest BCUT2D eigenvalue weighted by molar-refractivity contribution is 7.15. The predicted molar refractivity (Wildman–Crippen MR) is 111 cm³/mol. The van der Waals surface area contributed by atoms with Gasteiger partial charge in [-0.1, -0.05) is 51.1 Å². The summed E-state index contributed by atoms with van der Waals surface area (Å²) in [6.45, 7) is 10.6. The van der Waals surface area contributed by atoms with E-state index in [1.54, 1.807) is 4.90 Å². The molecule has 1 heterocycles. The Bertz CT molecular complexity index is 751. The number of aromatic nitrogens is 1. The fourth-order valence-corrected chi connectivity index (χ4v) is 3.82. The molecule has 0 saturated heterocycles. The van der Waals surface area contributed by atoms with Gasteiger partial charge in [0.1, 0.15) is 0 Å². The lowest BCUT2D eigenvalue weighted by molar-refractivity contribution is -0.136. The van der Waals surface area contributed by atoms with Crippen LogP contribution in [0.1, 0.15) is 49.2 Å². The van der Waals surface area contributed by atoms with Gasteiger partial charge in [0.2, 0.25) is 11.8 Å². The first-order chi connectivity index (χ1) is 12.8. The number of nitrogens with zero attached hydrogens (tertiary/aromatic N) is 2. The first-order valence-corrected chi connectivity index (χ1v) is 10.2. The second-order valence-corrected chi connectivity index (χ2v) is 8.40. The topological polar surface area (TPSA) is 62.3 Å². The second-order valence-electron chi connectivity index (χ2n) is 7.19. The average molecular weight is 388 g/mol. The maximum absolute atomic E-state index is 13.2. The van der Waals surface area contributed by atoms with Crippen molar-refractivity contribution in [1.29, 1.82) is 0 Å². The molecule has 2 amide bonds. The van der Waals surface area contributed by atoms with E-state index in [9.17, 15) is 9.59 Å². The van der Waals surface area contributed by atoms with E-state index in [0.717, 1.165) is 16.1 Å². The number of hydrogen-bond donors (Lipinski definition) is 1. The molecular weight excluding hydrogens is 358 g/mol. The third kappa shape index (κ3) is 5.89. The second kappa shape index (κ2) is 9.65. The van der Waals surface area contributed by atoms with E-state index >= 15 is 0 Å². The molecule has 1 N–H and O–H groups in total. The van der Waals surface area contributed by atoms with Crippen LogP contribution >= 0.6 is 11.3 Å². The molecule has 1 unspecified atom stereocenters. The molecule has 1 atom stereocenters. The van der Waals surface area contributed by atoms with E-state index < -0.39 is 0 Å². The smallest absolute Gasteiger partial charge is 0.245 e. The van der Waals surface area contributed by atoms with Crippen molar-refractivity contribution in [3.8, 4) is 0 Å². The van der Waals surface area contributed by atoms with E-state index in [2.05, 4.69) is 24.1 Å². The number of aryl methyl sites for hydroxylation is 2. The summed E-state index contributed by atoms with van der Waals surface area (Å²) in [7, 11) is 0. The molecule has 146 valence electrons. The predicted octanol–water partition coefficient (Wildman–Crippen LogP) is 4.38. The van der Waals surface area contributed by atoms with E-state index in [0.29, 0.717) is 18.1 Å². The summed E-state index contributed by atoms with van der Waals surface area (Å²) < 4.78 is 0. The van der Waals surface area contributed by atoms with E-state index in [1.807, 2.05) is 51.1 Å². The quantitative estimate of drug-likeness (QED) is 0.731. The number of nitrogens with one attached hydrogen (secondary N) is 1. The van der Waals surface area contributed by atoms with Crippen molar-refractivity contribution < 1.29 is 9.59 Å². The maximum atomic E-state index is 13.2. The first kappa shape index (κ1) is 21.1. The zero-order chi connectivity index (χ0) is 20.0. The number of carbonyl (C=O) groups is 2. The average Bonchev–Trinajstić information content (AvgIpc) is 2.92. The lowest BCUT2D eigenvalue weighted by Gasteiger charge is -2.28. The van der Waals surface area contributed by atoms with Gasteiger partial charge in [-0.3, -0.25) is 9.59 Å². The van der Waals surface area contributed by atoms with Gasteiger partial charge in [0.15, 0.2) is 5.13 Å². The van der Waals surface area contributed by atoms with Crippen molar-refractivity contribution in [2.75, 3.05) is 18.4 Å². The number of hydrogen-bond acceptors (Lipinski definition) is 4. The van der Waals surface area contributed by atoms with Gasteiger partial charge in [-0.25, -0.2) is 4.98 Å². The van der Waals surface area contributed by atoms with E-state index in [4.69, 9.17) is 0 Å². The van der Waals surface area contributed by atoms with Crippen LogP contribution in [-0.2, 0) is 9.59 Å². The van der Waals surface area contributed by atoms with Crippen LogP contribution in [0.25, 0.3) is 0 Å². The van der Waals surface area contributed by atoms with Gasteiger partial charge >= 0.3 is 0 Å². The van der Waals surface area contributed by atoms with E-state index in [1.165, 1.54) is 11.3 Å². The Hall–Kier alpha value is -2.21. The highest BCUT2D eigenvalue weighted by atomic mass is 32.1. The molecule has 2 rings (SSSR count). The van der Waals surface area contributed by atoms with E-state index in [-0.39, 0.29) is 30.2 Å². The van der Waals surface area contributed by atoms with Gasteiger partial charge in [0.05, 0.1) is 18.2 Å². The molecule has 0 aliphatic carbocycles. The van der Waals surface area contributed by atoms with Gasteiger partial charge < -0.3 is 10.2 Å². The Morgan fingerprint density at radius 3 is 2.37 bits per heavy atom. The molecule has 2 aromatic rings. The summed E-state index contributed by atoms with van der Waals surface area (Å²) in [6, 6.07) is 9.77. The van der Waals surface area contributed by atoms with Crippen molar-refractivity contribution in [1.82, 2.24) is 9.88 Å². The third-order valence-corrected chi connectivity index (χ3v) is 5.40. The Morgan fingerprint density at radius 1 is 1.19 bits per heavy atom. The van der Waals surface area contributed by atoms with Gasteiger partial charge in [-0.15, -0.1) is 11.3 Å². The molecule has 0 aliphatic heterocycles. The highest BCUT2D eigenvalue weighted by Crippen LogP contribution is 2.23. The molecule has 0 spiro atoms. The standard InChI is InChI=1S/C21H29N3O2S/c1-6-18(17-10-8-7-9-11-17)20(26)24(12-14(2)3)13-19(25)23-21-22-15(4)16(5)27-21/h7-11,14,18H,6,12-13H2,1-5H3,(H,22,23,25). The molecule has 0 bridgehead atoms. The summed E-state index contributed by atoms with van der Waals surface area (Å²) in [5.74, 6) is -0.166. The zero-order valence-corrected chi connectivity index (χ0v) is 17.6. The minimum absolute atomic E-state index is 0.000880. The highest BCUT2D eigenvalue weighted by Gasteiger charge is 2.26. The molecule has 6 heteroatoms. The summed E-state index contributed by atoms with van der Waals surface area (Å²) in [4.78, 5) is 32.8. The van der Waals surface area contributed by atoms with Gasteiger partial charge in [-0.2, -0.15) is 0 Å². The van der Waals surface area contributed by atoms with Gasteiger partial charge in [0.25, 0.3) is 0 Å². The van der Waals surface area contributed by atoms with Crippen LogP contribution in [0.2, 0.25) is 0 Å². The SMILES string of the molecule is CCC(C(=O)N(CC(=O)Nc1nc(C)c(C)s1)CC(C)C)c1ccccc1. The minimum Gasteiger partial charge on any atom is -0.333 e. The largest absolute Gasteiger partial charge is 0.333 e. The normalized spacial score (nSPS) is 12.1. The van der Waals surface area contributed by atoms with Crippen molar-refractivity contribution >= 4 is 28.3 Å². The van der Waals surface area contributed by atoms with Crippen LogP contribution in [0.4, 0.5) is 5.13 Å². The molecule has 0 fully saturated rings. The van der Waals surface area contributed by atoms with Crippen LogP contribution in [-0.4, -0.2) is 34.8 Å². The monoisotopic (exact) mass is 387 g/mol. The molecule has 0 radical (unpaired) electrons. The molecule has 1 aromatic carbocycles. The number of benzene rings is 1. The fraction of sp³-hybridized carbons (Fsp3) is 0.476. The first-order valence-electron chi connectivity index (χ1n) is 9.39. The Balaban J connectivity index is 2.13. The van der Waals surface area contributed by atoms with Crippen LogP contribution in [0.3, 0.4) is 0 Å². The number of anilines is 1. The number of thiazole rings is 1. The lowest BCUT2D eigenvalue weighted by Crippen LogP contribution is -2.42. The Kier molecular flexibility index (Phi) is 7.54. The van der Waals surface area contributed by atoms with Crippen LogP contribution < -0.4 is 5.32 Å². The number of rotatable bonds is 8. The molecule has 27 heavy (non-hydrogen) atoms. The summed E-state index contributed by atoms with van der Waals surface area (Å²) in [5.41, 5.74) is 1.91. The van der Waals surface area contributed by atoms with Gasteiger partial charge in [0, 0.05) is 11.4 Å². The molecule has 1 aromatic heterocycles. The third-order valence-electron chi connectivity index (χ3n) is 4.41. The van der Waals surface area contributed by atoms with Crippen LogP contribution in [0.5, 0.6) is 0 Å². The fourth-order valence-electron chi connectivity index (χ4n) is 2.99. The summed E-state index contributed by atoms with van der Waals surface area (Å²) in [6.07, 6.45) is 0.698. The Labute approximate surface area is 165 Å². The van der Waals surface area contributed by atoms with Gasteiger partial charge in [-0.05, 0) is 31.7 Å². The van der Waals surface area contributed by atoms with Crippen molar-refractivity contribution in [3.05, 3.63) is 46.5 Å². The van der Waals surface area contributed by atoms with Crippen molar-refractivity contribution in [2.45, 2.75) is 47.0 Å². The Morgan fingerprint density at radius 2 is 1.85 bits per heavy atom.